The monoisotopic (exact) mass is 352 g/mol. The minimum Gasteiger partial charge on any atom is -0.497 e. The Labute approximate surface area is 152 Å². The zero-order valence-electron chi connectivity index (χ0n) is 14.5. The summed E-state index contributed by atoms with van der Waals surface area (Å²) in [7, 11) is 1.63. The molecule has 1 N–H and O–H groups in total. The van der Waals surface area contributed by atoms with Crippen molar-refractivity contribution in [1.82, 2.24) is 5.32 Å². The summed E-state index contributed by atoms with van der Waals surface area (Å²) < 4.78 is 5.14. The van der Waals surface area contributed by atoms with Crippen molar-refractivity contribution in [2.24, 2.45) is 4.99 Å². The number of amides is 1. The second-order valence-corrected chi connectivity index (χ2v) is 6.99. The highest BCUT2D eigenvalue weighted by atomic mass is 32.2. The van der Waals surface area contributed by atoms with Crippen LogP contribution in [0.2, 0.25) is 0 Å². The standard InChI is InChI=1S/C20H20N2O2S/c1-13-8-14(2)10-16(9-13)12-21-20-22-19(23)18(25-20)11-15-4-6-17(24-3)7-5-15/h4-11H,12H2,1-3H3,(H,21,22,23). The number of thioether (sulfide) groups is 1. The van der Waals surface area contributed by atoms with Gasteiger partial charge >= 0.3 is 0 Å². The molecule has 25 heavy (non-hydrogen) atoms. The van der Waals surface area contributed by atoms with E-state index in [4.69, 9.17) is 4.74 Å². The van der Waals surface area contributed by atoms with Crippen molar-refractivity contribution in [2.75, 3.05) is 7.11 Å². The average Bonchev–Trinajstić information content (AvgIpc) is 2.93. The third-order valence-corrected chi connectivity index (χ3v) is 4.70. The highest BCUT2D eigenvalue weighted by Gasteiger charge is 2.23. The lowest BCUT2D eigenvalue weighted by Gasteiger charge is -2.02. The smallest absolute Gasteiger partial charge is 0.264 e. The van der Waals surface area contributed by atoms with E-state index in [1.54, 1.807) is 7.11 Å². The summed E-state index contributed by atoms with van der Waals surface area (Å²) in [5, 5.41) is 3.47. The number of carbonyl (C=O) groups excluding carboxylic acids is 1. The molecule has 1 aliphatic heterocycles. The van der Waals surface area contributed by atoms with Crippen LogP contribution >= 0.6 is 11.8 Å². The highest BCUT2D eigenvalue weighted by molar-refractivity contribution is 8.18. The first-order chi connectivity index (χ1) is 12.0. The Morgan fingerprint density at radius 1 is 1.12 bits per heavy atom. The first-order valence-electron chi connectivity index (χ1n) is 8.00. The number of aryl methyl sites for hydroxylation is 2. The summed E-state index contributed by atoms with van der Waals surface area (Å²) >= 11 is 1.37. The molecule has 4 nitrogen and oxygen atoms in total. The summed E-state index contributed by atoms with van der Waals surface area (Å²) in [4.78, 5) is 17.3. The van der Waals surface area contributed by atoms with Gasteiger partial charge in [-0.25, -0.2) is 0 Å². The van der Waals surface area contributed by atoms with E-state index in [0.717, 1.165) is 16.9 Å². The minimum atomic E-state index is -0.111. The van der Waals surface area contributed by atoms with Crippen molar-refractivity contribution < 1.29 is 9.53 Å². The van der Waals surface area contributed by atoms with Crippen LogP contribution in [0.1, 0.15) is 22.3 Å². The zero-order valence-corrected chi connectivity index (χ0v) is 15.3. The van der Waals surface area contributed by atoms with Gasteiger partial charge in [-0.2, -0.15) is 0 Å². The van der Waals surface area contributed by atoms with Crippen molar-refractivity contribution in [3.8, 4) is 5.75 Å². The van der Waals surface area contributed by atoms with E-state index >= 15 is 0 Å². The first-order valence-corrected chi connectivity index (χ1v) is 8.82. The van der Waals surface area contributed by atoms with E-state index in [9.17, 15) is 4.79 Å². The van der Waals surface area contributed by atoms with Crippen LogP contribution in [-0.4, -0.2) is 18.2 Å². The number of aliphatic imine (C=N–C) groups is 1. The second-order valence-electron chi connectivity index (χ2n) is 5.96. The van der Waals surface area contributed by atoms with Gasteiger partial charge in [-0.05, 0) is 54.9 Å². The lowest BCUT2D eigenvalue weighted by atomic mass is 10.1. The number of methoxy groups -OCH3 is 1. The molecule has 2 aromatic rings. The molecule has 5 heteroatoms. The van der Waals surface area contributed by atoms with Crippen molar-refractivity contribution in [3.63, 3.8) is 0 Å². The molecule has 0 atom stereocenters. The Kier molecular flexibility index (Phi) is 5.24. The van der Waals surface area contributed by atoms with Crippen molar-refractivity contribution in [3.05, 3.63) is 69.6 Å². The van der Waals surface area contributed by atoms with Crippen LogP contribution in [0.3, 0.4) is 0 Å². The van der Waals surface area contributed by atoms with E-state index in [1.165, 1.54) is 22.9 Å². The van der Waals surface area contributed by atoms with Crippen molar-refractivity contribution in [2.45, 2.75) is 20.4 Å². The third-order valence-electron chi connectivity index (χ3n) is 3.75. The lowest BCUT2D eigenvalue weighted by Crippen LogP contribution is -2.19. The lowest BCUT2D eigenvalue weighted by molar-refractivity contribution is -0.115. The van der Waals surface area contributed by atoms with Crippen LogP contribution in [-0.2, 0) is 11.3 Å². The summed E-state index contributed by atoms with van der Waals surface area (Å²) in [6.07, 6.45) is 1.86. The zero-order chi connectivity index (χ0) is 17.8. The summed E-state index contributed by atoms with van der Waals surface area (Å²) in [6, 6.07) is 14.0. The maximum atomic E-state index is 12.1. The topological polar surface area (TPSA) is 50.7 Å². The number of hydrogen-bond donors (Lipinski definition) is 1. The molecule has 1 heterocycles. The maximum Gasteiger partial charge on any atom is 0.264 e. The molecule has 1 amide bonds. The highest BCUT2D eigenvalue weighted by Crippen LogP contribution is 2.27. The van der Waals surface area contributed by atoms with Gasteiger partial charge in [-0.1, -0.05) is 41.5 Å². The molecular formula is C20H20N2O2S. The molecular weight excluding hydrogens is 332 g/mol. The molecule has 1 saturated heterocycles. The largest absolute Gasteiger partial charge is 0.497 e. The van der Waals surface area contributed by atoms with Gasteiger partial charge in [0.05, 0.1) is 18.6 Å². The van der Waals surface area contributed by atoms with E-state index in [1.807, 2.05) is 30.3 Å². The summed E-state index contributed by atoms with van der Waals surface area (Å²) in [6.45, 7) is 4.71. The molecule has 0 aromatic heterocycles. The van der Waals surface area contributed by atoms with E-state index < -0.39 is 0 Å². The number of rotatable bonds is 4. The summed E-state index contributed by atoms with van der Waals surface area (Å²) in [5.41, 5.74) is 4.54. The molecule has 2 aromatic carbocycles. The van der Waals surface area contributed by atoms with Crippen molar-refractivity contribution in [1.29, 1.82) is 0 Å². The minimum absolute atomic E-state index is 0.111. The molecule has 0 spiro atoms. The molecule has 3 rings (SSSR count). The fourth-order valence-corrected chi connectivity index (χ4v) is 3.50. The molecule has 128 valence electrons. The number of hydrogen-bond acceptors (Lipinski definition) is 4. The predicted molar refractivity (Wildman–Crippen MR) is 104 cm³/mol. The average molecular weight is 352 g/mol. The number of ether oxygens (including phenoxy) is 1. The Hall–Kier alpha value is -2.53. The van der Waals surface area contributed by atoms with Crippen LogP contribution in [0.25, 0.3) is 6.08 Å². The van der Waals surface area contributed by atoms with Gasteiger partial charge in [0, 0.05) is 0 Å². The number of amidine groups is 1. The molecule has 1 fully saturated rings. The van der Waals surface area contributed by atoms with Gasteiger partial charge in [-0.3, -0.25) is 9.79 Å². The Morgan fingerprint density at radius 2 is 1.80 bits per heavy atom. The maximum absolute atomic E-state index is 12.1. The van der Waals surface area contributed by atoms with Gasteiger partial charge in [0.1, 0.15) is 5.75 Å². The Bertz CT molecular complexity index is 834. The molecule has 0 unspecified atom stereocenters. The predicted octanol–water partition coefficient (Wildman–Crippen LogP) is 4.07. The van der Waals surface area contributed by atoms with Gasteiger partial charge in [0.2, 0.25) is 0 Å². The second kappa shape index (κ2) is 7.57. The first kappa shape index (κ1) is 17.3. The third kappa shape index (κ3) is 4.51. The normalized spacial score (nSPS) is 17.2. The fourth-order valence-electron chi connectivity index (χ4n) is 2.68. The van der Waals surface area contributed by atoms with Gasteiger partial charge in [0.25, 0.3) is 5.91 Å². The molecule has 0 saturated carbocycles. The van der Waals surface area contributed by atoms with Crippen molar-refractivity contribution >= 4 is 28.9 Å². The molecule has 0 bridgehead atoms. The quantitative estimate of drug-likeness (QED) is 0.844. The van der Waals surface area contributed by atoms with E-state index in [0.29, 0.717) is 16.6 Å². The van der Waals surface area contributed by atoms with Crippen LogP contribution in [0.15, 0.2) is 52.4 Å². The van der Waals surface area contributed by atoms with E-state index in [2.05, 4.69) is 42.4 Å². The molecule has 1 aliphatic rings. The Morgan fingerprint density at radius 3 is 2.44 bits per heavy atom. The van der Waals surface area contributed by atoms with Crippen LogP contribution < -0.4 is 10.1 Å². The number of nitrogens with one attached hydrogen (secondary N) is 1. The van der Waals surface area contributed by atoms with Gasteiger partial charge in [0.15, 0.2) is 5.17 Å². The fraction of sp³-hybridized carbons (Fsp3) is 0.200. The Balaban J connectivity index is 1.71. The number of nitrogens with zero attached hydrogens (tertiary/aromatic N) is 1. The van der Waals surface area contributed by atoms with Crippen LogP contribution in [0, 0.1) is 13.8 Å². The SMILES string of the molecule is COc1ccc(C=C2SC(=NCc3cc(C)cc(C)c3)NC2=O)cc1. The molecule has 0 aliphatic carbocycles. The molecule has 0 radical (unpaired) electrons. The number of carbonyl (C=O) groups is 1. The van der Waals surface area contributed by atoms with Gasteiger partial charge in [-0.15, -0.1) is 0 Å². The van der Waals surface area contributed by atoms with E-state index in [-0.39, 0.29) is 5.91 Å². The number of benzene rings is 2. The van der Waals surface area contributed by atoms with Crippen LogP contribution in [0.5, 0.6) is 5.75 Å². The van der Waals surface area contributed by atoms with Gasteiger partial charge < -0.3 is 10.1 Å². The summed E-state index contributed by atoms with van der Waals surface area (Å²) in [5.74, 6) is 0.682. The van der Waals surface area contributed by atoms with Crippen LogP contribution in [0.4, 0.5) is 0 Å².